The Kier molecular flexibility index (Phi) is 3.80. The number of aryl methyl sites for hydroxylation is 1. The topological polar surface area (TPSA) is 72.2 Å². The fourth-order valence-electron chi connectivity index (χ4n) is 3.25. The minimum Gasteiger partial charge on any atom is -0.341 e. The lowest BCUT2D eigenvalue weighted by Crippen LogP contribution is -2.20. The lowest BCUT2D eigenvalue weighted by atomic mass is 10.0. The molecule has 0 amide bonds. The number of anilines is 1. The van der Waals surface area contributed by atoms with Crippen molar-refractivity contribution in [2.45, 2.75) is 19.8 Å². The zero-order valence-electron chi connectivity index (χ0n) is 14.0. The molecule has 1 aliphatic heterocycles. The van der Waals surface area contributed by atoms with Gasteiger partial charge in [-0.2, -0.15) is 0 Å². The zero-order valence-corrected chi connectivity index (χ0v) is 14.0. The molecule has 2 aromatic carbocycles. The van der Waals surface area contributed by atoms with Gasteiger partial charge in [-0.3, -0.25) is 10.1 Å². The number of nitro benzene ring substituents is 1. The van der Waals surface area contributed by atoms with E-state index in [1.165, 1.54) is 12.1 Å². The van der Waals surface area contributed by atoms with Crippen LogP contribution in [0.4, 0.5) is 11.6 Å². The van der Waals surface area contributed by atoms with Crippen LogP contribution in [0.25, 0.3) is 22.2 Å². The molecule has 0 aliphatic carbocycles. The van der Waals surface area contributed by atoms with Crippen LogP contribution in [0.1, 0.15) is 18.4 Å². The third-order valence-electron chi connectivity index (χ3n) is 4.58. The summed E-state index contributed by atoms with van der Waals surface area (Å²) >= 11 is 0. The molecule has 0 N–H and O–H groups in total. The van der Waals surface area contributed by atoms with Crippen molar-refractivity contribution in [3.05, 3.63) is 58.1 Å². The fraction of sp³-hybridized carbons (Fsp3) is 0.263. The smallest absolute Gasteiger partial charge is 0.269 e. The quantitative estimate of drug-likeness (QED) is 0.532. The van der Waals surface area contributed by atoms with E-state index in [1.807, 2.05) is 19.1 Å². The maximum absolute atomic E-state index is 10.9. The molecule has 1 fully saturated rings. The molecular weight excluding hydrogens is 316 g/mol. The number of nitrogens with zero attached hydrogens (tertiary/aromatic N) is 4. The highest BCUT2D eigenvalue weighted by Crippen LogP contribution is 2.31. The lowest BCUT2D eigenvalue weighted by Gasteiger charge is -2.17. The van der Waals surface area contributed by atoms with Crippen molar-refractivity contribution in [2.75, 3.05) is 18.0 Å². The molecule has 0 spiro atoms. The standard InChI is InChI=1S/C19H18N4O2/c1-13-4-9-17-16(12-13)18(14-5-7-15(8-6-14)23(24)25)21-19(20-17)22-10-2-3-11-22/h4-9,12H,2-3,10-11H2,1H3. The number of hydrogen-bond acceptors (Lipinski definition) is 5. The van der Waals surface area contributed by atoms with Gasteiger partial charge in [0.25, 0.3) is 5.69 Å². The van der Waals surface area contributed by atoms with E-state index in [9.17, 15) is 10.1 Å². The van der Waals surface area contributed by atoms with Gasteiger partial charge in [-0.1, -0.05) is 11.6 Å². The normalized spacial score (nSPS) is 14.2. The fourth-order valence-corrected chi connectivity index (χ4v) is 3.25. The van der Waals surface area contributed by atoms with Gasteiger partial charge in [-0.15, -0.1) is 0 Å². The van der Waals surface area contributed by atoms with E-state index in [0.717, 1.165) is 59.6 Å². The van der Waals surface area contributed by atoms with Gasteiger partial charge < -0.3 is 4.90 Å². The summed E-state index contributed by atoms with van der Waals surface area (Å²) in [5, 5.41) is 11.9. The maximum atomic E-state index is 10.9. The Bertz CT molecular complexity index is 948. The SMILES string of the molecule is Cc1ccc2nc(N3CCCC3)nc(-c3ccc([N+](=O)[O-])cc3)c2c1. The van der Waals surface area contributed by atoms with Gasteiger partial charge in [0, 0.05) is 36.2 Å². The van der Waals surface area contributed by atoms with Crippen LogP contribution in [-0.4, -0.2) is 28.0 Å². The van der Waals surface area contributed by atoms with Crippen LogP contribution in [-0.2, 0) is 0 Å². The number of nitro groups is 1. The van der Waals surface area contributed by atoms with E-state index < -0.39 is 0 Å². The molecule has 6 nitrogen and oxygen atoms in total. The average molecular weight is 334 g/mol. The van der Waals surface area contributed by atoms with Crippen molar-refractivity contribution in [2.24, 2.45) is 0 Å². The lowest BCUT2D eigenvalue weighted by molar-refractivity contribution is -0.384. The Labute approximate surface area is 145 Å². The Hall–Kier alpha value is -3.02. The van der Waals surface area contributed by atoms with Crippen LogP contribution in [0.15, 0.2) is 42.5 Å². The highest BCUT2D eigenvalue weighted by molar-refractivity contribution is 5.93. The molecular formula is C19H18N4O2. The van der Waals surface area contributed by atoms with E-state index in [2.05, 4.69) is 11.0 Å². The van der Waals surface area contributed by atoms with Crippen LogP contribution >= 0.6 is 0 Å². The Balaban J connectivity index is 1.90. The molecule has 126 valence electrons. The van der Waals surface area contributed by atoms with Crippen molar-refractivity contribution >= 4 is 22.5 Å². The van der Waals surface area contributed by atoms with Crippen molar-refractivity contribution in [3.63, 3.8) is 0 Å². The molecule has 6 heteroatoms. The van der Waals surface area contributed by atoms with Gasteiger partial charge in [0.15, 0.2) is 0 Å². The highest BCUT2D eigenvalue weighted by atomic mass is 16.6. The van der Waals surface area contributed by atoms with E-state index in [1.54, 1.807) is 12.1 Å². The van der Waals surface area contributed by atoms with E-state index in [-0.39, 0.29) is 10.6 Å². The van der Waals surface area contributed by atoms with Crippen LogP contribution in [0.3, 0.4) is 0 Å². The van der Waals surface area contributed by atoms with Crippen LogP contribution in [0, 0.1) is 17.0 Å². The van der Waals surface area contributed by atoms with Gasteiger partial charge in [-0.05, 0) is 44.0 Å². The van der Waals surface area contributed by atoms with Gasteiger partial charge in [0.05, 0.1) is 16.1 Å². The second-order valence-electron chi connectivity index (χ2n) is 6.39. The first-order valence-electron chi connectivity index (χ1n) is 8.40. The molecule has 0 bridgehead atoms. The van der Waals surface area contributed by atoms with Crippen molar-refractivity contribution in [1.29, 1.82) is 0 Å². The first kappa shape index (κ1) is 15.5. The summed E-state index contributed by atoms with van der Waals surface area (Å²) in [4.78, 5) is 22.3. The van der Waals surface area contributed by atoms with Gasteiger partial charge in [-0.25, -0.2) is 9.97 Å². The average Bonchev–Trinajstić information content (AvgIpc) is 3.15. The summed E-state index contributed by atoms with van der Waals surface area (Å²) in [5.41, 5.74) is 3.80. The monoisotopic (exact) mass is 334 g/mol. The summed E-state index contributed by atoms with van der Waals surface area (Å²) < 4.78 is 0. The van der Waals surface area contributed by atoms with Gasteiger partial charge in [0.2, 0.25) is 5.95 Å². The van der Waals surface area contributed by atoms with Crippen molar-refractivity contribution in [1.82, 2.24) is 9.97 Å². The number of aromatic nitrogens is 2. The molecule has 1 aromatic heterocycles. The molecule has 1 aliphatic rings. The number of hydrogen-bond donors (Lipinski definition) is 0. The second-order valence-corrected chi connectivity index (χ2v) is 6.39. The molecule has 0 atom stereocenters. The summed E-state index contributed by atoms with van der Waals surface area (Å²) in [6, 6.07) is 12.7. The summed E-state index contributed by atoms with van der Waals surface area (Å²) in [6.07, 6.45) is 2.31. The first-order chi connectivity index (χ1) is 12.1. The third kappa shape index (κ3) is 2.91. The first-order valence-corrected chi connectivity index (χ1v) is 8.40. The molecule has 1 saturated heterocycles. The number of non-ortho nitro benzene ring substituents is 1. The Morgan fingerprint density at radius 1 is 1.04 bits per heavy atom. The third-order valence-corrected chi connectivity index (χ3v) is 4.58. The molecule has 4 rings (SSSR count). The molecule has 2 heterocycles. The van der Waals surface area contributed by atoms with Crippen LogP contribution < -0.4 is 4.90 Å². The summed E-state index contributed by atoms with van der Waals surface area (Å²) in [6.45, 7) is 3.97. The minimum absolute atomic E-state index is 0.0815. The largest absolute Gasteiger partial charge is 0.341 e. The van der Waals surface area contributed by atoms with Crippen LogP contribution in [0.2, 0.25) is 0 Å². The molecule has 0 saturated carbocycles. The van der Waals surface area contributed by atoms with E-state index >= 15 is 0 Å². The van der Waals surface area contributed by atoms with Gasteiger partial charge in [0.1, 0.15) is 0 Å². The predicted octanol–water partition coefficient (Wildman–Crippen LogP) is 4.11. The Morgan fingerprint density at radius 2 is 1.76 bits per heavy atom. The zero-order chi connectivity index (χ0) is 17.4. The summed E-state index contributed by atoms with van der Waals surface area (Å²) in [5.74, 6) is 0.738. The molecule has 0 radical (unpaired) electrons. The molecule has 0 unspecified atom stereocenters. The van der Waals surface area contributed by atoms with Crippen molar-refractivity contribution < 1.29 is 4.92 Å². The maximum Gasteiger partial charge on any atom is 0.269 e. The van der Waals surface area contributed by atoms with Crippen LogP contribution in [0.5, 0.6) is 0 Å². The van der Waals surface area contributed by atoms with Crippen molar-refractivity contribution in [3.8, 4) is 11.3 Å². The number of benzene rings is 2. The number of rotatable bonds is 3. The Morgan fingerprint density at radius 3 is 2.44 bits per heavy atom. The predicted molar refractivity (Wildman–Crippen MR) is 97.8 cm³/mol. The van der Waals surface area contributed by atoms with E-state index in [0.29, 0.717) is 0 Å². The molecule has 3 aromatic rings. The molecule has 25 heavy (non-hydrogen) atoms. The number of fused-ring (bicyclic) bond motifs is 1. The summed E-state index contributed by atoms with van der Waals surface area (Å²) in [7, 11) is 0. The second kappa shape index (κ2) is 6.12. The van der Waals surface area contributed by atoms with Gasteiger partial charge >= 0.3 is 0 Å². The minimum atomic E-state index is -0.387. The van der Waals surface area contributed by atoms with E-state index in [4.69, 9.17) is 9.97 Å². The highest BCUT2D eigenvalue weighted by Gasteiger charge is 2.18.